The fourth-order valence-electron chi connectivity index (χ4n) is 3.14. The molecule has 1 aromatic heterocycles. The van der Waals surface area contributed by atoms with Crippen molar-refractivity contribution in [2.45, 2.75) is 32.8 Å². The van der Waals surface area contributed by atoms with E-state index in [0.717, 1.165) is 29.7 Å². The van der Waals surface area contributed by atoms with Crippen LogP contribution in [-0.2, 0) is 19.0 Å². The third-order valence-corrected chi connectivity index (χ3v) is 5.78. The molecule has 1 amide bonds. The first-order valence-corrected chi connectivity index (χ1v) is 9.69. The van der Waals surface area contributed by atoms with Gasteiger partial charge in [0.1, 0.15) is 19.5 Å². The highest BCUT2D eigenvalue weighted by Crippen LogP contribution is 2.32. The Morgan fingerprint density at radius 1 is 1.27 bits per heavy atom. The molecule has 26 heavy (non-hydrogen) atoms. The zero-order valence-electron chi connectivity index (χ0n) is 15.0. The van der Waals surface area contributed by atoms with Crippen molar-refractivity contribution in [3.63, 3.8) is 0 Å². The summed E-state index contributed by atoms with van der Waals surface area (Å²) in [6.07, 6.45) is 3.39. The molecule has 0 spiro atoms. The van der Waals surface area contributed by atoms with Crippen LogP contribution in [0.15, 0.2) is 24.2 Å². The molecule has 3 heterocycles. The van der Waals surface area contributed by atoms with Gasteiger partial charge in [-0.3, -0.25) is 9.69 Å². The molecule has 6 nitrogen and oxygen atoms in total. The van der Waals surface area contributed by atoms with E-state index in [0.29, 0.717) is 24.9 Å². The second kappa shape index (κ2) is 7.25. The predicted octanol–water partition coefficient (Wildman–Crippen LogP) is 3.31. The van der Waals surface area contributed by atoms with Gasteiger partial charge in [-0.2, -0.15) is 0 Å². The van der Waals surface area contributed by atoms with Crippen LogP contribution in [0.3, 0.4) is 0 Å². The largest absolute Gasteiger partial charge is 0.494 e. The van der Waals surface area contributed by atoms with Crippen molar-refractivity contribution in [2.24, 2.45) is 0 Å². The van der Waals surface area contributed by atoms with Gasteiger partial charge < -0.3 is 14.2 Å². The maximum atomic E-state index is 13.1. The van der Waals surface area contributed by atoms with Crippen LogP contribution in [-0.4, -0.2) is 43.4 Å². The van der Waals surface area contributed by atoms with Crippen molar-refractivity contribution >= 4 is 32.6 Å². The standard InChI is InChI=1S/C19H22N2O4S/c1-12-8-15-17(9-13(12)2)26-19(20-15)21(10-14-4-3-5-24-14)18(22)16-11-23-6-7-25-16/h8-9,11,14H,3-7,10H2,1-2H3. The number of carbonyl (C=O) groups is 1. The third kappa shape index (κ3) is 3.41. The molecule has 0 N–H and O–H groups in total. The van der Waals surface area contributed by atoms with Gasteiger partial charge >= 0.3 is 0 Å². The van der Waals surface area contributed by atoms with Crippen LogP contribution in [0.5, 0.6) is 0 Å². The zero-order valence-corrected chi connectivity index (χ0v) is 15.8. The zero-order chi connectivity index (χ0) is 18.1. The van der Waals surface area contributed by atoms with Crippen LogP contribution in [0.4, 0.5) is 5.13 Å². The van der Waals surface area contributed by atoms with Crippen LogP contribution in [0.1, 0.15) is 24.0 Å². The number of thiazole rings is 1. The van der Waals surface area contributed by atoms with E-state index in [2.05, 4.69) is 26.0 Å². The lowest BCUT2D eigenvalue weighted by molar-refractivity contribution is -0.120. The number of hydrogen-bond donors (Lipinski definition) is 0. The molecule has 1 unspecified atom stereocenters. The van der Waals surface area contributed by atoms with Crippen LogP contribution in [0, 0.1) is 13.8 Å². The van der Waals surface area contributed by atoms with Gasteiger partial charge in [-0.05, 0) is 49.9 Å². The monoisotopic (exact) mass is 374 g/mol. The molecule has 1 aromatic carbocycles. The van der Waals surface area contributed by atoms with Gasteiger partial charge in [-0.15, -0.1) is 0 Å². The molecule has 2 aliphatic rings. The minimum absolute atomic E-state index is 0.0274. The molecular formula is C19H22N2O4S. The number of carbonyl (C=O) groups excluding carboxylic acids is 1. The lowest BCUT2D eigenvalue weighted by Gasteiger charge is -2.25. The molecule has 0 bridgehead atoms. The number of nitrogens with zero attached hydrogens (tertiary/aromatic N) is 2. The average molecular weight is 374 g/mol. The van der Waals surface area contributed by atoms with E-state index < -0.39 is 0 Å². The summed E-state index contributed by atoms with van der Waals surface area (Å²) in [5.41, 5.74) is 3.32. The Labute approximate surface area is 156 Å². The Kier molecular flexibility index (Phi) is 4.82. The van der Waals surface area contributed by atoms with Gasteiger partial charge in [0.15, 0.2) is 5.13 Å². The lowest BCUT2D eigenvalue weighted by atomic mass is 10.1. The van der Waals surface area contributed by atoms with Crippen molar-refractivity contribution in [2.75, 3.05) is 31.3 Å². The number of ether oxygens (including phenoxy) is 3. The second-order valence-corrected chi connectivity index (χ2v) is 7.66. The maximum absolute atomic E-state index is 13.1. The summed E-state index contributed by atoms with van der Waals surface area (Å²) in [5.74, 6) is -0.00596. The first-order chi connectivity index (χ1) is 12.6. The molecule has 0 aliphatic carbocycles. The van der Waals surface area contributed by atoms with E-state index >= 15 is 0 Å². The Morgan fingerprint density at radius 3 is 2.85 bits per heavy atom. The number of fused-ring (bicyclic) bond motifs is 1. The van der Waals surface area contributed by atoms with Gasteiger partial charge in [-0.25, -0.2) is 4.98 Å². The van der Waals surface area contributed by atoms with Crippen LogP contribution < -0.4 is 4.90 Å². The normalized spacial score (nSPS) is 19.8. The van der Waals surface area contributed by atoms with Gasteiger partial charge in [0.05, 0.1) is 22.9 Å². The quantitative estimate of drug-likeness (QED) is 0.822. The summed E-state index contributed by atoms with van der Waals surface area (Å²) < 4.78 is 17.6. The summed E-state index contributed by atoms with van der Waals surface area (Å²) >= 11 is 1.52. The number of rotatable bonds is 4. The highest BCUT2D eigenvalue weighted by molar-refractivity contribution is 7.22. The molecule has 1 atom stereocenters. The first-order valence-electron chi connectivity index (χ1n) is 8.87. The number of hydrogen-bond acceptors (Lipinski definition) is 6. The van der Waals surface area contributed by atoms with E-state index in [9.17, 15) is 4.79 Å². The molecule has 138 valence electrons. The number of aromatic nitrogens is 1. The fourth-order valence-corrected chi connectivity index (χ4v) is 4.19. The first kappa shape index (κ1) is 17.3. The minimum Gasteiger partial charge on any atom is -0.494 e. The van der Waals surface area contributed by atoms with E-state index in [1.807, 2.05) is 0 Å². The molecule has 2 aliphatic heterocycles. The SMILES string of the molecule is Cc1cc2nc(N(CC3CCCO3)C(=O)C3=COCCO3)sc2cc1C. The molecule has 0 radical (unpaired) electrons. The highest BCUT2D eigenvalue weighted by atomic mass is 32.1. The van der Waals surface area contributed by atoms with Gasteiger partial charge in [-0.1, -0.05) is 11.3 Å². The molecule has 7 heteroatoms. The number of benzene rings is 1. The van der Waals surface area contributed by atoms with Crippen LogP contribution in [0.25, 0.3) is 10.2 Å². The Balaban J connectivity index is 1.69. The summed E-state index contributed by atoms with van der Waals surface area (Å²) in [5, 5.41) is 0.667. The Morgan fingerprint density at radius 2 is 2.12 bits per heavy atom. The van der Waals surface area contributed by atoms with Crippen molar-refractivity contribution in [3.8, 4) is 0 Å². The molecular weight excluding hydrogens is 352 g/mol. The number of amides is 1. The Bertz CT molecular complexity index is 816. The summed E-state index contributed by atoms with van der Waals surface area (Å²) in [4.78, 5) is 19.5. The van der Waals surface area contributed by atoms with Crippen LogP contribution in [0.2, 0.25) is 0 Å². The number of aryl methyl sites for hydroxylation is 2. The van der Waals surface area contributed by atoms with Crippen molar-refractivity contribution < 1.29 is 19.0 Å². The van der Waals surface area contributed by atoms with Crippen LogP contribution >= 0.6 is 11.3 Å². The maximum Gasteiger partial charge on any atom is 0.298 e. The summed E-state index contributed by atoms with van der Waals surface area (Å²) in [6, 6.07) is 4.19. The average Bonchev–Trinajstić information content (AvgIpc) is 3.30. The predicted molar refractivity (Wildman–Crippen MR) is 100 cm³/mol. The molecule has 4 rings (SSSR count). The molecule has 1 saturated heterocycles. The van der Waals surface area contributed by atoms with Crippen molar-refractivity contribution in [1.82, 2.24) is 4.98 Å². The van der Waals surface area contributed by atoms with E-state index in [-0.39, 0.29) is 17.8 Å². The summed E-state index contributed by atoms with van der Waals surface area (Å²) in [6.45, 7) is 6.21. The smallest absolute Gasteiger partial charge is 0.298 e. The fraction of sp³-hybridized carbons (Fsp3) is 0.474. The topological polar surface area (TPSA) is 60.9 Å². The number of anilines is 1. The van der Waals surface area contributed by atoms with E-state index in [1.165, 1.54) is 28.7 Å². The van der Waals surface area contributed by atoms with E-state index in [1.54, 1.807) is 4.90 Å². The van der Waals surface area contributed by atoms with Crippen molar-refractivity contribution in [1.29, 1.82) is 0 Å². The third-order valence-electron chi connectivity index (χ3n) is 4.74. The Hall–Kier alpha value is -2.12. The lowest BCUT2D eigenvalue weighted by Crippen LogP contribution is -2.39. The van der Waals surface area contributed by atoms with Gasteiger partial charge in [0, 0.05) is 6.61 Å². The van der Waals surface area contributed by atoms with Gasteiger partial charge in [0.2, 0.25) is 5.76 Å². The summed E-state index contributed by atoms with van der Waals surface area (Å²) in [7, 11) is 0. The molecule has 0 saturated carbocycles. The molecule has 2 aromatic rings. The minimum atomic E-state index is -0.229. The van der Waals surface area contributed by atoms with Gasteiger partial charge in [0.25, 0.3) is 5.91 Å². The van der Waals surface area contributed by atoms with E-state index in [4.69, 9.17) is 19.2 Å². The highest BCUT2D eigenvalue weighted by Gasteiger charge is 2.30. The van der Waals surface area contributed by atoms with Crippen molar-refractivity contribution in [3.05, 3.63) is 35.3 Å². The second-order valence-electron chi connectivity index (χ2n) is 6.65. The molecule has 1 fully saturated rings.